The maximum atomic E-state index is 10.8. The Kier molecular flexibility index (Phi) is 4.18. The van der Waals surface area contributed by atoms with Crippen molar-refractivity contribution in [3.05, 3.63) is 69.8 Å². The van der Waals surface area contributed by atoms with Crippen molar-refractivity contribution in [2.45, 2.75) is 0 Å². The molecule has 0 unspecified atom stereocenters. The molecule has 0 saturated carbocycles. The molecule has 100 valence electrons. The van der Waals surface area contributed by atoms with Gasteiger partial charge in [0.2, 0.25) is 0 Å². The zero-order valence-corrected chi connectivity index (χ0v) is 10.4. The normalized spacial score (nSPS) is 10.4. The first-order valence-electron chi connectivity index (χ1n) is 5.78. The minimum absolute atomic E-state index is 0.0193. The fourth-order valence-electron chi connectivity index (χ4n) is 1.57. The Hall–Kier alpha value is -3.02. The molecule has 2 aromatic rings. The Morgan fingerprint density at radius 2 is 1.70 bits per heavy atom. The van der Waals surface area contributed by atoms with E-state index in [2.05, 4.69) is 10.5 Å². The lowest BCUT2D eigenvalue weighted by Crippen LogP contribution is -1.94. The Bertz CT molecular complexity index is 651. The van der Waals surface area contributed by atoms with Gasteiger partial charge in [-0.25, -0.2) is 0 Å². The van der Waals surface area contributed by atoms with Crippen molar-refractivity contribution in [2.24, 2.45) is 5.10 Å². The Morgan fingerprint density at radius 3 is 2.30 bits per heavy atom. The largest absolute Gasteiger partial charge is 0.298 e. The van der Waals surface area contributed by atoms with Gasteiger partial charge in [-0.05, 0) is 12.1 Å². The highest BCUT2D eigenvalue weighted by molar-refractivity contribution is 5.92. The van der Waals surface area contributed by atoms with Crippen molar-refractivity contribution in [3.63, 3.8) is 0 Å². The van der Waals surface area contributed by atoms with Crippen LogP contribution in [-0.4, -0.2) is 17.4 Å². The number of nitro groups is 1. The first kappa shape index (κ1) is 13.4. The number of rotatable bonds is 5. The number of nitro benzene ring substituents is 1. The Balaban J connectivity index is 2.06. The molecule has 1 N–H and O–H groups in total. The molecule has 0 saturated heterocycles. The van der Waals surface area contributed by atoms with Crippen LogP contribution < -0.4 is 5.43 Å². The smallest absolute Gasteiger partial charge is 0.269 e. The molecular formula is C14H11N3O3. The van der Waals surface area contributed by atoms with E-state index >= 15 is 0 Å². The molecule has 0 aliphatic heterocycles. The van der Waals surface area contributed by atoms with Gasteiger partial charge >= 0.3 is 0 Å². The van der Waals surface area contributed by atoms with Gasteiger partial charge in [0.15, 0.2) is 6.29 Å². The van der Waals surface area contributed by atoms with Gasteiger partial charge in [-0.2, -0.15) is 5.10 Å². The van der Waals surface area contributed by atoms with Crippen molar-refractivity contribution in [1.82, 2.24) is 0 Å². The third kappa shape index (κ3) is 3.26. The number of hydrazone groups is 1. The first-order valence-corrected chi connectivity index (χ1v) is 5.78. The second-order valence-corrected chi connectivity index (χ2v) is 3.92. The molecule has 0 aromatic heterocycles. The summed E-state index contributed by atoms with van der Waals surface area (Å²) in [6.07, 6.45) is 2.28. The molecule has 0 radical (unpaired) electrons. The average Bonchev–Trinajstić information content (AvgIpc) is 2.48. The third-order valence-electron chi connectivity index (χ3n) is 2.60. The molecule has 0 aliphatic rings. The van der Waals surface area contributed by atoms with E-state index in [4.69, 9.17) is 0 Å². The number of benzene rings is 2. The van der Waals surface area contributed by atoms with Crippen LogP contribution >= 0.6 is 0 Å². The van der Waals surface area contributed by atoms with Crippen LogP contribution in [0.2, 0.25) is 0 Å². The second-order valence-electron chi connectivity index (χ2n) is 3.92. The van der Waals surface area contributed by atoms with Crippen LogP contribution in [0.25, 0.3) is 0 Å². The van der Waals surface area contributed by atoms with Crippen LogP contribution in [0.4, 0.5) is 11.4 Å². The van der Waals surface area contributed by atoms with Gasteiger partial charge in [0.05, 0.1) is 16.8 Å². The highest BCUT2D eigenvalue weighted by atomic mass is 16.6. The summed E-state index contributed by atoms with van der Waals surface area (Å²) < 4.78 is 0. The van der Waals surface area contributed by atoms with E-state index in [9.17, 15) is 14.9 Å². The van der Waals surface area contributed by atoms with Crippen LogP contribution in [0.3, 0.4) is 0 Å². The minimum atomic E-state index is -0.465. The predicted octanol–water partition coefficient (Wildman–Crippen LogP) is 2.85. The maximum absolute atomic E-state index is 10.8. The number of carbonyl (C=O) groups is 1. The third-order valence-corrected chi connectivity index (χ3v) is 2.60. The maximum Gasteiger partial charge on any atom is 0.269 e. The van der Waals surface area contributed by atoms with Gasteiger partial charge in [0.25, 0.3) is 5.69 Å². The monoisotopic (exact) mass is 269 g/mol. The van der Waals surface area contributed by atoms with Crippen LogP contribution in [0.5, 0.6) is 0 Å². The molecule has 0 amide bonds. The van der Waals surface area contributed by atoms with Crippen molar-refractivity contribution >= 4 is 23.9 Å². The van der Waals surface area contributed by atoms with Crippen LogP contribution in [-0.2, 0) is 0 Å². The van der Waals surface area contributed by atoms with Gasteiger partial charge in [-0.15, -0.1) is 0 Å². The van der Waals surface area contributed by atoms with E-state index in [0.29, 0.717) is 16.8 Å². The molecule has 2 aromatic carbocycles. The number of hydrogen-bond acceptors (Lipinski definition) is 5. The van der Waals surface area contributed by atoms with Gasteiger partial charge in [0.1, 0.15) is 0 Å². The molecule has 6 nitrogen and oxygen atoms in total. The standard InChI is InChI=1S/C14H11N3O3/c18-10-12-4-2-1-3-11(12)9-15-16-13-5-7-14(8-6-13)17(19)20/h1-10,16H/b15-9+. The van der Waals surface area contributed by atoms with Crippen LogP contribution in [0.15, 0.2) is 53.6 Å². The van der Waals surface area contributed by atoms with Crippen molar-refractivity contribution in [1.29, 1.82) is 0 Å². The number of anilines is 1. The lowest BCUT2D eigenvalue weighted by Gasteiger charge is -2.00. The number of nitrogens with one attached hydrogen (secondary N) is 1. The summed E-state index contributed by atoms with van der Waals surface area (Å²) in [5, 5.41) is 14.5. The van der Waals surface area contributed by atoms with Crippen LogP contribution in [0.1, 0.15) is 15.9 Å². The van der Waals surface area contributed by atoms with E-state index < -0.39 is 4.92 Å². The summed E-state index contributed by atoms with van der Waals surface area (Å²) in [4.78, 5) is 20.9. The zero-order valence-electron chi connectivity index (χ0n) is 10.4. The van der Waals surface area contributed by atoms with E-state index in [1.54, 1.807) is 36.4 Å². The number of hydrogen-bond donors (Lipinski definition) is 1. The topological polar surface area (TPSA) is 84.6 Å². The summed E-state index contributed by atoms with van der Waals surface area (Å²) in [6, 6.07) is 12.9. The quantitative estimate of drug-likeness (QED) is 0.391. The summed E-state index contributed by atoms with van der Waals surface area (Å²) >= 11 is 0. The molecule has 0 bridgehead atoms. The first-order chi connectivity index (χ1) is 9.70. The fourth-order valence-corrected chi connectivity index (χ4v) is 1.57. The summed E-state index contributed by atoms with van der Waals surface area (Å²) in [5.74, 6) is 0. The summed E-state index contributed by atoms with van der Waals surface area (Å²) in [5.41, 5.74) is 4.62. The summed E-state index contributed by atoms with van der Waals surface area (Å²) in [6.45, 7) is 0. The molecule has 0 aliphatic carbocycles. The Labute approximate surface area is 114 Å². The van der Waals surface area contributed by atoms with Gasteiger partial charge < -0.3 is 0 Å². The van der Waals surface area contributed by atoms with E-state index in [1.807, 2.05) is 0 Å². The molecule has 0 spiro atoms. The van der Waals surface area contributed by atoms with Gasteiger partial charge in [-0.1, -0.05) is 24.3 Å². The van der Waals surface area contributed by atoms with E-state index in [-0.39, 0.29) is 5.69 Å². The molecule has 20 heavy (non-hydrogen) atoms. The molecular weight excluding hydrogens is 258 g/mol. The van der Waals surface area contributed by atoms with Crippen molar-refractivity contribution < 1.29 is 9.72 Å². The summed E-state index contributed by atoms with van der Waals surface area (Å²) in [7, 11) is 0. The lowest BCUT2D eigenvalue weighted by molar-refractivity contribution is -0.384. The predicted molar refractivity (Wildman–Crippen MR) is 76.1 cm³/mol. The van der Waals surface area contributed by atoms with E-state index in [0.717, 1.165) is 6.29 Å². The highest BCUT2D eigenvalue weighted by Crippen LogP contribution is 2.15. The molecule has 2 rings (SSSR count). The SMILES string of the molecule is O=Cc1ccccc1/C=N/Nc1ccc([N+](=O)[O-])cc1. The lowest BCUT2D eigenvalue weighted by atomic mass is 10.1. The van der Waals surface area contributed by atoms with Crippen molar-refractivity contribution in [3.8, 4) is 0 Å². The highest BCUT2D eigenvalue weighted by Gasteiger charge is 2.03. The number of nitrogens with zero attached hydrogens (tertiary/aromatic N) is 2. The molecule has 6 heteroatoms. The number of carbonyl (C=O) groups excluding carboxylic acids is 1. The molecule has 0 fully saturated rings. The zero-order chi connectivity index (χ0) is 14.4. The van der Waals surface area contributed by atoms with Gasteiger partial charge in [-0.3, -0.25) is 20.3 Å². The number of non-ortho nitro benzene ring substituents is 1. The number of aldehydes is 1. The van der Waals surface area contributed by atoms with Gasteiger partial charge in [0, 0.05) is 23.3 Å². The van der Waals surface area contributed by atoms with Crippen molar-refractivity contribution in [2.75, 3.05) is 5.43 Å². The van der Waals surface area contributed by atoms with Crippen LogP contribution in [0, 0.1) is 10.1 Å². The molecule has 0 atom stereocenters. The Morgan fingerprint density at radius 1 is 1.05 bits per heavy atom. The second kappa shape index (κ2) is 6.24. The average molecular weight is 269 g/mol. The fraction of sp³-hybridized carbons (Fsp3) is 0. The molecule has 0 heterocycles. The minimum Gasteiger partial charge on any atom is -0.298 e. The van der Waals surface area contributed by atoms with E-state index in [1.165, 1.54) is 18.3 Å².